The van der Waals surface area contributed by atoms with Crippen LogP contribution in [-0.4, -0.2) is 61.5 Å². The third-order valence-electron chi connectivity index (χ3n) is 5.25. The fourth-order valence-corrected chi connectivity index (χ4v) is 5.11. The molecular formula is C18H24N2O6S. The van der Waals surface area contributed by atoms with Crippen molar-refractivity contribution in [1.82, 2.24) is 9.62 Å². The average Bonchev–Trinajstić information content (AvgIpc) is 2.69. The number of nitrogens with zero attached hydrogens (tertiary/aromatic N) is 1. The zero-order chi connectivity index (χ0) is 19.5. The lowest BCUT2D eigenvalue weighted by molar-refractivity contribution is -0.153. The maximum Gasteiger partial charge on any atom is 0.329 e. The number of benzene rings is 1. The molecule has 3 rings (SSSR count). The maximum atomic E-state index is 12.8. The lowest BCUT2D eigenvalue weighted by Gasteiger charge is -2.37. The van der Waals surface area contributed by atoms with E-state index in [1.807, 2.05) is 0 Å². The summed E-state index contributed by atoms with van der Waals surface area (Å²) in [4.78, 5) is 24.7. The summed E-state index contributed by atoms with van der Waals surface area (Å²) in [5.41, 5.74) is -1.34. The van der Waals surface area contributed by atoms with E-state index in [1.54, 1.807) is 18.2 Å². The molecule has 2 aliphatic heterocycles. The molecule has 148 valence electrons. The van der Waals surface area contributed by atoms with E-state index in [0.29, 0.717) is 19.4 Å². The van der Waals surface area contributed by atoms with Crippen LogP contribution in [0.4, 0.5) is 0 Å². The second kappa shape index (κ2) is 7.95. The molecule has 2 saturated heterocycles. The van der Waals surface area contributed by atoms with Gasteiger partial charge in [-0.05, 0) is 25.0 Å². The highest BCUT2D eigenvalue weighted by Gasteiger charge is 2.43. The number of ether oxygens (including phenoxy) is 1. The molecule has 9 heteroatoms. The molecule has 0 saturated carbocycles. The van der Waals surface area contributed by atoms with Crippen molar-refractivity contribution in [3.05, 3.63) is 30.3 Å². The summed E-state index contributed by atoms with van der Waals surface area (Å²) in [5, 5.41) is 12.3. The molecule has 2 N–H and O–H groups in total. The number of amides is 1. The van der Waals surface area contributed by atoms with Gasteiger partial charge < -0.3 is 15.2 Å². The molecule has 0 bridgehead atoms. The number of carboxylic acid groups (broad SMARTS) is 1. The SMILES string of the molecule is O=C(NC1(C(=O)O)CCOCC1)C1CCCN(S(=O)(=O)c2ccccc2)C1. The number of rotatable bonds is 5. The number of nitrogens with one attached hydrogen (secondary N) is 1. The van der Waals surface area contributed by atoms with Gasteiger partial charge in [0.1, 0.15) is 5.54 Å². The molecule has 0 aromatic heterocycles. The van der Waals surface area contributed by atoms with E-state index in [4.69, 9.17) is 4.74 Å². The molecule has 2 fully saturated rings. The van der Waals surface area contributed by atoms with Gasteiger partial charge in [0.15, 0.2) is 0 Å². The molecule has 0 spiro atoms. The predicted octanol–water partition coefficient (Wildman–Crippen LogP) is 0.837. The van der Waals surface area contributed by atoms with Gasteiger partial charge in [0.25, 0.3) is 0 Å². The number of carbonyl (C=O) groups excluding carboxylic acids is 1. The molecule has 1 atom stereocenters. The van der Waals surface area contributed by atoms with E-state index in [-0.39, 0.29) is 37.5 Å². The van der Waals surface area contributed by atoms with Crippen LogP contribution in [0.2, 0.25) is 0 Å². The van der Waals surface area contributed by atoms with Crippen molar-refractivity contribution in [1.29, 1.82) is 0 Å². The Bertz CT molecular complexity index is 789. The summed E-state index contributed by atoms with van der Waals surface area (Å²) in [5.74, 6) is -2.06. The monoisotopic (exact) mass is 396 g/mol. The molecule has 1 unspecified atom stereocenters. The van der Waals surface area contributed by atoms with Crippen molar-refractivity contribution in [3.8, 4) is 0 Å². The van der Waals surface area contributed by atoms with Crippen molar-refractivity contribution >= 4 is 21.9 Å². The highest BCUT2D eigenvalue weighted by molar-refractivity contribution is 7.89. The first-order valence-corrected chi connectivity index (χ1v) is 10.5. The van der Waals surface area contributed by atoms with Gasteiger partial charge in [0.2, 0.25) is 15.9 Å². The van der Waals surface area contributed by atoms with Crippen molar-refractivity contribution in [2.24, 2.45) is 5.92 Å². The molecule has 2 aliphatic rings. The number of sulfonamides is 1. The molecular weight excluding hydrogens is 372 g/mol. The van der Waals surface area contributed by atoms with Crippen molar-refractivity contribution < 1.29 is 27.9 Å². The van der Waals surface area contributed by atoms with E-state index < -0.39 is 33.4 Å². The third-order valence-corrected chi connectivity index (χ3v) is 7.13. The van der Waals surface area contributed by atoms with Crippen molar-refractivity contribution in [2.75, 3.05) is 26.3 Å². The molecule has 0 radical (unpaired) electrons. The van der Waals surface area contributed by atoms with E-state index in [1.165, 1.54) is 16.4 Å². The first kappa shape index (κ1) is 19.8. The minimum Gasteiger partial charge on any atom is -0.480 e. The lowest BCUT2D eigenvalue weighted by atomic mass is 9.88. The number of carboxylic acids is 1. The highest BCUT2D eigenvalue weighted by Crippen LogP contribution is 2.26. The Morgan fingerprint density at radius 1 is 1.19 bits per heavy atom. The Morgan fingerprint density at radius 3 is 2.48 bits per heavy atom. The molecule has 1 amide bonds. The van der Waals surface area contributed by atoms with Gasteiger partial charge >= 0.3 is 5.97 Å². The van der Waals surface area contributed by atoms with Crippen molar-refractivity contribution in [2.45, 2.75) is 36.1 Å². The molecule has 8 nitrogen and oxygen atoms in total. The topological polar surface area (TPSA) is 113 Å². The fourth-order valence-electron chi connectivity index (χ4n) is 3.57. The minimum atomic E-state index is -3.68. The predicted molar refractivity (Wildman–Crippen MR) is 96.5 cm³/mol. The van der Waals surface area contributed by atoms with Gasteiger partial charge in [-0.3, -0.25) is 4.79 Å². The van der Waals surface area contributed by atoms with E-state index in [2.05, 4.69) is 5.32 Å². The average molecular weight is 396 g/mol. The van der Waals surface area contributed by atoms with Gasteiger partial charge in [0, 0.05) is 39.1 Å². The first-order chi connectivity index (χ1) is 12.8. The third kappa shape index (κ3) is 4.15. The fraction of sp³-hybridized carbons (Fsp3) is 0.556. The smallest absolute Gasteiger partial charge is 0.329 e. The Hall–Kier alpha value is -1.97. The van der Waals surface area contributed by atoms with Crippen molar-refractivity contribution in [3.63, 3.8) is 0 Å². The molecule has 27 heavy (non-hydrogen) atoms. The summed E-state index contributed by atoms with van der Waals surface area (Å²) >= 11 is 0. The summed E-state index contributed by atoms with van der Waals surface area (Å²) in [6, 6.07) is 8.11. The van der Waals surface area contributed by atoms with Gasteiger partial charge in [-0.25, -0.2) is 13.2 Å². The normalized spacial score (nSPS) is 23.5. The van der Waals surface area contributed by atoms with E-state index in [0.717, 1.165) is 0 Å². The standard InChI is InChI=1S/C18H24N2O6S/c21-16(19-18(17(22)23)8-11-26-12-9-18)14-5-4-10-20(13-14)27(24,25)15-6-2-1-3-7-15/h1-3,6-7,14H,4-5,8-13H2,(H,19,21)(H,22,23). The van der Waals surface area contributed by atoms with E-state index >= 15 is 0 Å². The van der Waals surface area contributed by atoms with Crippen LogP contribution in [0, 0.1) is 5.92 Å². The number of hydrogen-bond acceptors (Lipinski definition) is 5. The van der Waals surface area contributed by atoms with Crippen LogP contribution in [0.1, 0.15) is 25.7 Å². The summed E-state index contributed by atoms with van der Waals surface area (Å²) in [7, 11) is -3.68. The zero-order valence-corrected chi connectivity index (χ0v) is 15.8. The van der Waals surface area contributed by atoms with Crippen LogP contribution in [-0.2, 0) is 24.3 Å². The second-order valence-corrected chi connectivity index (χ2v) is 8.94. The Kier molecular flexibility index (Phi) is 5.83. The Balaban J connectivity index is 1.72. The van der Waals surface area contributed by atoms with Crippen LogP contribution >= 0.6 is 0 Å². The first-order valence-electron chi connectivity index (χ1n) is 9.03. The second-order valence-electron chi connectivity index (χ2n) is 7.00. The summed E-state index contributed by atoms with van der Waals surface area (Å²) in [6.45, 7) is 0.936. The van der Waals surface area contributed by atoms with Crippen LogP contribution in [0.5, 0.6) is 0 Å². The van der Waals surface area contributed by atoms with E-state index in [9.17, 15) is 23.1 Å². The van der Waals surface area contributed by atoms with Gasteiger partial charge in [0.05, 0.1) is 10.8 Å². The quantitative estimate of drug-likeness (QED) is 0.762. The molecule has 1 aromatic carbocycles. The Labute approximate surface area is 158 Å². The summed E-state index contributed by atoms with van der Waals surface area (Å²) in [6.07, 6.45) is 1.48. The maximum absolute atomic E-state index is 12.8. The van der Waals surface area contributed by atoms with Gasteiger partial charge in [-0.2, -0.15) is 4.31 Å². The van der Waals surface area contributed by atoms with Crippen LogP contribution in [0.25, 0.3) is 0 Å². The number of carbonyl (C=O) groups is 2. The highest BCUT2D eigenvalue weighted by atomic mass is 32.2. The largest absolute Gasteiger partial charge is 0.480 e. The molecule has 1 aromatic rings. The number of hydrogen-bond donors (Lipinski definition) is 2. The lowest BCUT2D eigenvalue weighted by Crippen LogP contribution is -2.59. The number of aliphatic carboxylic acids is 1. The number of piperidine rings is 1. The van der Waals surface area contributed by atoms with Gasteiger partial charge in [-0.15, -0.1) is 0 Å². The Morgan fingerprint density at radius 2 is 1.85 bits per heavy atom. The minimum absolute atomic E-state index is 0.0509. The molecule has 2 heterocycles. The summed E-state index contributed by atoms with van der Waals surface area (Å²) < 4.78 is 32.1. The van der Waals surface area contributed by atoms with Crippen LogP contribution in [0.15, 0.2) is 35.2 Å². The van der Waals surface area contributed by atoms with Crippen LogP contribution < -0.4 is 5.32 Å². The zero-order valence-electron chi connectivity index (χ0n) is 15.0. The van der Waals surface area contributed by atoms with Gasteiger partial charge in [-0.1, -0.05) is 18.2 Å². The van der Waals surface area contributed by atoms with Crippen LogP contribution in [0.3, 0.4) is 0 Å². The molecule has 0 aliphatic carbocycles.